The maximum Gasteiger partial charge on any atom is 0.180 e. The summed E-state index contributed by atoms with van der Waals surface area (Å²) >= 11 is 12.6. The third-order valence-electron chi connectivity index (χ3n) is 3.58. The van der Waals surface area contributed by atoms with Crippen LogP contribution in [0, 0.1) is 0 Å². The molecule has 8 heteroatoms. The van der Waals surface area contributed by atoms with Crippen molar-refractivity contribution < 1.29 is 9.47 Å². The minimum absolute atomic E-state index is 0.303. The third-order valence-corrected chi connectivity index (χ3v) is 4.23. The van der Waals surface area contributed by atoms with Crippen molar-refractivity contribution in [2.45, 2.75) is 20.1 Å². The van der Waals surface area contributed by atoms with E-state index in [-0.39, 0.29) is 0 Å². The molecule has 1 aromatic heterocycles. The molecule has 0 atom stereocenters. The standard InChI is InChI=1S/C18H18Cl2N4O2/c1-2-25-17-8-13(9-23-24-11-21-22-12-24)7-16(20)18(17)26-10-14-5-3-4-6-15(14)19/h3-8,11-12,23H,2,9-10H2,1H3. The molecule has 0 aliphatic carbocycles. The van der Waals surface area contributed by atoms with Gasteiger partial charge in [-0.05, 0) is 30.7 Å². The van der Waals surface area contributed by atoms with Gasteiger partial charge in [-0.2, -0.15) is 0 Å². The van der Waals surface area contributed by atoms with Crippen LogP contribution in [0.1, 0.15) is 18.1 Å². The monoisotopic (exact) mass is 392 g/mol. The second-order valence-corrected chi connectivity index (χ2v) is 6.24. The molecule has 0 saturated carbocycles. The van der Waals surface area contributed by atoms with Crippen LogP contribution in [-0.2, 0) is 13.2 Å². The lowest BCUT2D eigenvalue weighted by Gasteiger charge is -2.16. The Bertz CT molecular complexity index is 856. The molecule has 1 heterocycles. The topological polar surface area (TPSA) is 61.2 Å². The lowest BCUT2D eigenvalue weighted by Crippen LogP contribution is -2.12. The van der Waals surface area contributed by atoms with Gasteiger partial charge in [-0.25, -0.2) is 4.68 Å². The van der Waals surface area contributed by atoms with E-state index in [1.807, 2.05) is 43.3 Å². The summed E-state index contributed by atoms with van der Waals surface area (Å²) in [6.07, 6.45) is 3.15. The summed E-state index contributed by atoms with van der Waals surface area (Å²) in [5.41, 5.74) is 4.96. The highest BCUT2D eigenvalue weighted by Gasteiger charge is 2.14. The minimum Gasteiger partial charge on any atom is -0.490 e. The number of hydrogen-bond donors (Lipinski definition) is 1. The van der Waals surface area contributed by atoms with Crippen LogP contribution in [0.4, 0.5) is 0 Å². The lowest BCUT2D eigenvalue weighted by molar-refractivity contribution is 0.269. The van der Waals surface area contributed by atoms with Gasteiger partial charge in [-0.15, -0.1) is 10.2 Å². The smallest absolute Gasteiger partial charge is 0.180 e. The van der Waals surface area contributed by atoms with Gasteiger partial charge in [-0.1, -0.05) is 41.4 Å². The van der Waals surface area contributed by atoms with E-state index in [4.69, 9.17) is 32.7 Å². The summed E-state index contributed by atoms with van der Waals surface area (Å²) in [5, 5.41) is 8.61. The van der Waals surface area contributed by atoms with Crippen molar-refractivity contribution in [3.8, 4) is 11.5 Å². The van der Waals surface area contributed by atoms with Crippen molar-refractivity contribution >= 4 is 23.2 Å². The van der Waals surface area contributed by atoms with Crippen molar-refractivity contribution in [3.05, 3.63) is 70.2 Å². The lowest BCUT2D eigenvalue weighted by atomic mass is 10.2. The number of halogens is 2. The van der Waals surface area contributed by atoms with E-state index in [0.29, 0.717) is 41.3 Å². The van der Waals surface area contributed by atoms with Crippen molar-refractivity contribution in [1.29, 1.82) is 0 Å². The van der Waals surface area contributed by atoms with Crippen LogP contribution < -0.4 is 14.9 Å². The molecule has 3 aromatic rings. The zero-order chi connectivity index (χ0) is 18.4. The Hall–Kier alpha value is -2.44. The highest BCUT2D eigenvalue weighted by atomic mass is 35.5. The summed E-state index contributed by atoms with van der Waals surface area (Å²) in [6.45, 7) is 3.25. The van der Waals surface area contributed by atoms with Gasteiger partial charge >= 0.3 is 0 Å². The van der Waals surface area contributed by atoms with Crippen LogP contribution in [0.25, 0.3) is 0 Å². The first-order valence-corrected chi connectivity index (χ1v) is 8.83. The van der Waals surface area contributed by atoms with Crippen LogP contribution in [0.3, 0.4) is 0 Å². The van der Waals surface area contributed by atoms with Crippen LogP contribution in [0.2, 0.25) is 10.0 Å². The molecule has 0 aliphatic rings. The van der Waals surface area contributed by atoms with Crippen molar-refractivity contribution in [2.75, 3.05) is 12.0 Å². The second kappa shape index (κ2) is 8.78. The first kappa shape index (κ1) is 18.4. The Kier molecular flexibility index (Phi) is 6.20. The third kappa shape index (κ3) is 4.59. The molecule has 0 radical (unpaired) electrons. The molecular formula is C18H18Cl2N4O2. The molecule has 2 aromatic carbocycles. The van der Waals surface area contributed by atoms with E-state index < -0.39 is 0 Å². The normalized spacial score (nSPS) is 10.6. The summed E-state index contributed by atoms with van der Waals surface area (Å²) < 4.78 is 13.3. The molecule has 3 rings (SSSR count). The molecule has 0 fully saturated rings. The Morgan fingerprint density at radius 1 is 1.04 bits per heavy atom. The van der Waals surface area contributed by atoms with Crippen LogP contribution in [-0.4, -0.2) is 21.5 Å². The number of aromatic nitrogens is 3. The van der Waals surface area contributed by atoms with Gasteiger partial charge in [0.15, 0.2) is 11.5 Å². The Labute approximate surface area is 161 Å². The summed E-state index contributed by atoms with van der Waals surface area (Å²) in [7, 11) is 0. The van der Waals surface area contributed by atoms with E-state index in [1.54, 1.807) is 17.3 Å². The SMILES string of the molecule is CCOc1cc(CNn2cnnc2)cc(Cl)c1OCc1ccccc1Cl. The van der Waals surface area contributed by atoms with Crippen molar-refractivity contribution in [2.24, 2.45) is 0 Å². The number of rotatable bonds is 8. The minimum atomic E-state index is 0.303. The Morgan fingerprint density at radius 3 is 2.54 bits per heavy atom. The Morgan fingerprint density at radius 2 is 1.81 bits per heavy atom. The zero-order valence-electron chi connectivity index (χ0n) is 14.2. The predicted octanol–water partition coefficient (Wildman–Crippen LogP) is 4.31. The van der Waals surface area contributed by atoms with E-state index in [9.17, 15) is 0 Å². The average Bonchev–Trinajstić information content (AvgIpc) is 3.14. The molecule has 0 saturated heterocycles. The van der Waals surface area contributed by atoms with Crippen LogP contribution in [0.5, 0.6) is 11.5 Å². The molecule has 0 aliphatic heterocycles. The molecule has 0 amide bonds. The Balaban J connectivity index is 1.76. The van der Waals surface area contributed by atoms with Gasteiger partial charge in [0.2, 0.25) is 0 Å². The maximum absolute atomic E-state index is 6.44. The summed E-state index contributed by atoms with van der Waals surface area (Å²) in [6, 6.07) is 11.3. The van der Waals surface area contributed by atoms with Crippen molar-refractivity contribution in [1.82, 2.24) is 14.9 Å². The first-order chi connectivity index (χ1) is 12.7. The number of benzene rings is 2. The van der Waals surface area contributed by atoms with E-state index in [1.165, 1.54) is 0 Å². The summed E-state index contributed by atoms with van der Waals surface area (Å²) in [4.78, 5) is 0. The highest BCUT2D eigenvalue weighted by Crippen LogP contribution is 2.37. The van der Waals surface area contributed by atoms with Gasteiger partial charge in [0.1, 0.15) is 19.3 Å². The molecular weight excluding hydrogens is 375 g/mol. The zero-order valence-corrected chi connectivity index (χ0v) is 15.7. The number of nitrogens with zero attached hydrogens (tertiary/aromatic N) is 3. The average molecular weight is 393 g/mol. The highest BCUT2D eigenvalue weighted by molar-refractivity contribution is 6.32. The van der Waals surface area contributed by atoms with Gasteiger partial charge in [-0.3, -0.25) is 0 Å². The van der Waals surface area contributed by atoms with Crippen molar-refractivity contribution in [3.63, 3.8) is 0 Å². The van der Waals surface area contributed by atoms with Crippen LogP contribution >= 0.6 is 23.2 Å². The van der Waals surface area contributed by atoms with E-state index >= 15 is 0 Å². The second-order valence-electron chi connectivity index (χ2n) is 5.42. The molecule has 136 valence electrons. The fourth-order valence-corrected chi connectivity index (χ4v) is 2.83. The fourth-order valence-electron chi connectivity index (χ4n) is 2.36. The number of hydrogen-bond acceptors (Lipinski definition) is 5. The molecule has 0 unspecified atom stereocenters. The van der Waals surface area contributed by atoms with Gasteiger partial charge < -0.3 is 14.9 Å². The molecule has 6 nitrogen and oxygen atoms in total. The molecule has 26 heavy (non-hydrogen) atoms. The number of ether oxygens (including phenoxy) is 2. The largest absolute Gasteiger partial charge is 0.490 e. The summed E-state index contributed by atoms with van der Waals surface area (Å²) in [5.74, 6) is 1.09. The van der Waals surface area contributed by atoms with E-state index in [0.717, 1.165) is 11.1 Å². The fraction of sp³-hybridized carbons (Fsp3) is 0.222. The quantitative estimate of drug-likeness (QED) is 0.618. The predicted molar refractivity (Wildman–Crippen MR) is 101 cm³/mol. The number of nitrogens with one attached hydrogen (secondary N) is 1. The van der Waals surface area contributed by atoms with Gasteiger partial charge in [0.05, 0.1) is 18.2 Å². The van der Waals surface area contributed by atoms with Gasteiger partial charge in [0, 0.05) is 10.6 Å². The molecule has 0 spiro atoms. The molecule has 1 N–H and O–H groups in total. The van der Waals surface area contributed by atoms with E-state index in [2.05, 4.69) is 15.6 Å². The first-order valence-electron chi connectivity index (χ1n) is 8.07. The maximum atomic E-state index is 6.44. The van der Waals surface area contributed by atoms with Crippen LogP contribution in [0.15, 0.2) is 49.1 Å². The van der Waals surface area contributed by atoms with Gasteiger partial charge in [0.25, 0.3) is 0 Å². The molecule has 0 bridgehead atoms.